The highest BCUT2D eigenvalue weighted by Gasteiger charge is 2.32. The van der Waals surface area contributed by atoms with Gasteiger partial charge in [-0.1, -0.05) is 0 Å². The Balaban J connectivity index is 1.99. The van der Waals surface area contributed by atoms with Gasteiger partial charge in [0.2, 0.25) is 0 Å². The van der Waals surface area contributed by atoms with Crippen molar-refractivity contribution in [2.75, 3.05) is 18.9 Å². The molecule has 3 heterocycles. The number of hydrogen-bond donors (Lipinski definition) is 2. The van der Waals surface area contributed by atoms with Crippen LogP contribution in [-0.4, -0.2) is 29.6 Å². The topological polar surface area (TPSA) is 113 Å². The first-order chi connectivity index (χ1) is 11.5. The van der Waals surface area contributed by atoms with Crippen LogP contribution in [0.25, 0.3) is 5.69 Å². The predicted octanol–water partition coefficient (Wildman–Crippen LogP) is 0.383. The summed E-state index contributed by atoms with van der Waals surface area (Å²) >= 11 is 0. The fraction of sp³-hybridized carbons (Fsp3) is 0.188. The molecule has 3 N–H and O–H groups in total. The number of nitrogen functional groups attached to an aromatic ring is 1. The number of nitrogens with one attached hydrogen (secondary N) is 1. The van der Waals surface area contributed by atoms with Gasteiger partial charge in [-0.15, -0.1) is 0 Å². The number of imide groups is 1. The summed E-state index contributed by atoms with van der Waals surface area (Å²) in [6.45, 7) is 2.65. The summed E-state index contributed by atoms with van der Waals surface area (Å²) in [4.78, 5) is 36.1. The van der Waals surface area contributed by atoms with Crippen LogP contribution in [0, 0.1) is 6.92 Å². The lowest BCUT2D eigenvalue weighted by molar-refractivity contribution is 0.0880. The molecule has 0 aliphatic carbocycles. The number of amides is 2. The molecule has 0 radical (unpaired) electrons. The van der Waals surface area contributed by atoms with Crippen molar-refractivity contribution in [3.63, 3.8) is 0 Å². The van der Waals surface area contributed by atoms with Crippen LogP contribution in [0.2, 0.25) is 0 Å². The number of anilines is 1. The van der Waals surface area contributed by atoms with Crippen molar-refractivity contribution in [3.05, 3.63) is 45.2 Å². The largest absolute Gasteiger partial charge is 0.486 e. The molecule has 8 nitrogen and oxygen atoms in total. The summed E-state index contributed by atoms with van der Waals surface area (Å²) in [7, 11) is 0. The molecule has 0 bridgehead atoms. The molecule has 24 heavy (non-hydrogen) atoms. The number of nitrogens with zero attached hydrogens (tertiary/aromatic N) is 1. The maximum Gasteiger partial charge on any atom is 0.262 e. The molecule has 0 fully saturated rings. The van der Waals surface area contributed by atoms with E-state index in [0.717, 1.165) is 11.6 Å². The molecule has 0 unspecified atom stereocenters. The lowest BCUT2D eigenvalue weighted by atomic mass is 10.1. The fourth-order valence-corrected chi connectivity index (χ4v) is 2.95. The van der Waals surface area contributed by atoms with Crippen LogP contribution in [-0.2, 0) is 0 Å². The summed E-state index contributed by atoms with van der Waals surface area (Å²) in [5.41, 5.74) is 6.73. The molecule has 0 saturated heterocycles. The van der Waals surface area contributed by atoms with Crippen LogP contribution in [0.15, 0.2) is 23.0 Å². The number of hydrogen-bond acceptors (Lipinski definition) is 6. The molecule has 2 aliphatic rings. The van der Waals surface area contributed by atoms with Crippen LogP contribution in [0.3, 0.4) is 0 Å². The number of nitrogens with two attached hydrogens (primary N) is 1. The van der Waals surface area contributed by atoms with Crippen molar-refractivity contribution in [1.82, 2.24) is 9.88 Å². The Hall–Kier alpha value is -3.29. The number of fused-ring (bicyclic) bond motifs is 2. The molecule has 0 atom stereocenters. The normalized spacial score (nSPS) is 15.2. The predicted molar refractivity (Wildman–Crippen MR) is 84.0 cm³/mol. The van der Waals surface area contributed by atoms with Gasteiger partial charge in [0.25, 0.3) is 17.4 Å². The Morgan fingerprint density at radius 2 is 1.71 bits per heavy atom. The Morgan fingerprint density at radius 3 is 2.42 bits per heavy atom. The van der Waals surface area contributed by atoms with E-state index in [9.17, 15) is 14.4 Å². The highest BCUT2D eigenvalue weighted by Crippen LogP contribution is 2.35. The van der Waals surface area contributed by atoms with Crippen LogP contribution >= 0.6 is 0 Å². The highest BCUT2D eigenvalue weighted by atomic mass is 16.6. The third-order valence-corrected chi connectivity index (χ3v) is 4.05. The van der Waals surface area contributed by atoms with Crippen molar-refractivity contribution in [2.45, 2.75) is 6.92 Å². The van der Waals surface area contributed by atoms with E-state index in [2.05, 4.69) is 5.32 Å². The van der Waals surface area contributed by atoms with Crippen molar-refractivity contribution in [1.29, 1.82) is 0 Å². The monoisotopic (exact) mass is 327 g/mol. The van der Waals surface area contributed by atoms with E-state index in [-0.39, 0.29) is 16.9 Å². The smallest absolute Gasteiger partial charge is 0.262 e. The fourth-order valence-electron chi connectivity index (χ4n) is 2.95. The zero-order valence-electron chi connectivity index (χ0n) is 12.7. The first-order valence-electron chi connectivity index (χ1n) is 7.29. The van der Waals surface area contributed by atoms with Crippen LogP contribution < -0.4 is 26.1 Å². The zero-order chi connectivity index (χ0) is 17.0. The number of benzene rings is 1. The summed E-state index contributed by atoms with van der Waals surface area (Å²) in [6, 6.07) is 4.50. The first-order valence-corrected chi connectivity index (χ1v) is 7.29. The molecule has 0 spiro atoms. The summed E-state index contributed by atoms with van der Waals surface area (Å²) < 4.78 is 12.2. The van der Waals surface area contributed by atoms with Gasteiger partial charge in [0.15, 0.2) is 11.5 Å². The minimum Gasteiger partial charge on any atom is -0.486 e. The molecule has 2 amide bonds. The quantitative estimate of drug-likeness (QED) is 0.732. The van der Waals surface area contributed by atoms with Crippen LogP contribution in [0.5, 0.6) is 11.5 Å². The van der Waals surface area contributed by atoms with Crippen LogP contribution in [0.1, 0.15) is 26.3 Å². The number of pyridine rings is 1. The molecule has 0 saturated carbocycles. The molecule has 1 aromatic heterocycles. The van der Waals surface area contributed by atoms with Crippen molar-refractivity contribution >= 4 is 17.6 Å². The lowest BCUT2D eigenvalue weighted by Crippen LogP contribution is -2.25. The third kappa shape index (κ3) is 1.89. The van der Waals surface area contributed by atoms with Gasteiger partial charge in [-0.05, 0) is 18.6 Å². The maximum absolute atomic E-state index is 12.5. The number of rotatable bonds is 1. The average molecular weight is 327 g/mol. The van der Waals surface area contributed by atoms with E-state index in [0.29, 0.717) is 30.4 Å². The van der Waals surface area contributed by atoms with Gasteiger partial charge in [0.1, 0.15) is 19.0 Å². The van der Waals surface area contributed by atoms with Gasteiger partial charge in [-0.2, -0.15) is 0 Å². The van der Waals surface area contributed by atoms with Gasteiger partial charge in [0.05, 0.1) is 16.8 Å². The van der Waals surface area contributed by atoms with E-state index in [1.807, 2.05) is 0 Å². The Kier molecular flexibility index (Phi) is 2.89. The van der Waals surface area contributed by atoms with Crippen molar-refractivity contribution in [2.24, 2.45) is 0 Å². The van der Waals surface area contributed by atoms with E-state index in [4.69, 9.17) is 15.2 Å². The van der Waals surface area contributed by atoms with Gasteiger partial charge < -0.3 is 15.2 Å². The second-order valence-corrected chi connectivity index (χ2v) is 5.56. The SMILES string of the molecule is Cc1cc2c(cc1-n1c(N)c3c(cc1=O)C(=O)NC3=O)OCCO2. The third-order valence-electron chi connectivity index (χ3n) is 4.05. The first kappa shape index (κ1) is 14.3. The molecular formula is C16H13N3O5. The summed E-state index contributed by atoms with van der Waals surface area (Å²) in [5, 5.41) is 2.14. The number of aryl methyl sites for hydroxylation is 1. The van der Waals surface area contributed by atoms with Gasteiger partial charge >= 0.3 is 0 Å². The Morgan fingerprint density at radius 1 is 1.04 bits per heavy atom. The van der Waals surface area contributed by atoms with E-state index >= 15 is 0 Å². The molecule has 122 valence electrons. The molecule has 8 heteroatoms. The van der Waals surface area contributed by atoms with Crippen molar-refractivity contribution in [3.8, 4) is 17.2 Å². The summed E-state index contributed by atoms with van der Waals surface area (Å²) in [5.74, 6) is -0.237. The van der Waals surface area contributed by atoms with Gasteiger partial charge in [0, 0.05) is 12.1 Å². The molecular weight excluding hydrogens is 314 g/mol. The number of carbonyl (C=O) groups excluding carboxylic acids is 2. The molecule has 4 rings (SSSR count). The second-order valence-electron chi connectivity index (χ2n) is 5.56. The minimum absolute atomic E-state index is 0.00561. The van der Waals surface area contributed by atoms with Crippen molar-refractivity contribution < 1.29 is 19.1 Å². The Bertz CT molecular complexity index is 977. The highest BCUT2D eigenvalue weighted by molar-refractivity contribution is 6.23. The number of aromatic nitrogens is 1. The van der Waals surface area contributed by atoms with E-state index in [1.165, 1.54) is 4.57 Å². The molecule has 2 aliphatic heterocycles. The summed E-state index contributed by atoms with van der Waals surface area (Å²) in [6.07, 6.45) is 0. The number of ether oxygens (including phenoxy) is 2. The molecule has 2 aromatic rings. The van der Waals surface area contributed by atoms with Gasteiger partial charge in [-0.3, -0.25) is 24.3 Å². The molecule has 1 aromatic carbocycles. The average Bonchev–Trinajstić information content (AvgIpc) is 2.82. The van der Waals surface area contributed by atoms with Crippen LogP contribution in [0.4, 0.5) is 5.82 Å². The lowest BCUT2D eigenvalue weighted by Gasteiger charge is -2.21. The zero-order valence-corrected chi connectivity index (χ0v) is 12.7. The van der Waals surface area contributed by atoms with E-state index in [1.54, 1.807) is 19.1 Å². The maximum atomic E-state index is 12.5. The number of carbonyl (C=O) groups is 2. The Labute approximate surface area is 135 Å². The standard InChI is InChI=1S/C16H13N3O5/c1-7-4-10-11(24-3-2-23-10)6-9(7)19-12(20)5-8-13(14(19)17)16(22)18-15(8)21/h4-6H,2-3,17H2,1H3,(H,18,21,22). The second kappa shape index (κ2) is 4.85. The van der Waals surface area contributed by atoms with Gasteiger partial charge in [-0.25, -0.2) is 0 Å². The minimum atomic E-state index is -0.621. The van der Waals surface area contributed by atoms with E-state index < -0.39 is 17.4 Å².